The van der Waals surface area contributed by atoms with Gasteiger partial charge in [0.15, 0.2) is 0 Å². The lowest BCUT2D eigenvalue weighted by Crippen LogP contribution is -2.36. The topological polar surface area (TPSA) is 76.6 Å². The second-order valence-corrected chi connectivity index (χ2v) is 3.99. The Morgan fingerprint density at radius 3 is 2.56 bits per heavy atom. The van der Waals surface area contributed by atoms with Gasteiger partial charge in [-0.1, -0.05) is 12.1 Å². The minimum absolute atomic E-state index is 0.119. The van der Waals surface area contributed by atoms with E-state index < -0.39 is 0 Å². The molecule has 0 aliphatic heterocycles. The van der Waals surface area contributed by atoms with Crippen LogP contribution in [0.5, 0.6) is 0 Å². The number of nitrogens with one attached hydrogen (secondary N) is 1. The summed E-state index contributed by atoms with van der Waals surface area (Å²) in [6, 6.07) is 7.38. The number of hydrogen-bond acceptors (Lipinski definition) is 3. The first kappa shape index (κ1) is 12.6. The predicted molar refractivity (Wildman–Crippen MR) is 68.4 cm³/mol. The van der Waals surface area contributed by atoms with Crippen LogP contribution in [-0.2, 0) is 0 Å². The maximum atomic E-state index is 12.3. The predicted octanol–water partition coefficient (Wildman–Crippen LogP) is 0.595. The zero-order chi connectivity index (χ0) is 13.0. The van der Waals surface area contributed by atoms with Gasteiger partial charge in [0.05, 0.1) is 24.3 Å². The van der Waals surface area contributed by atoms with E-state index in [0.29, 0.717) is 5.56 Å². The number of nitrogens with zero attached hydrogens (tertiary/aromatic N) is 1. The Morgan fingerprint density at radius 1 is 1.17 bits per heavy atom. The van der Waals surface area contributed by atoms with Crippen molar-refractivity contribution < 1.29 is 15.0 Å². The van der Waals surface area contributed by atoms with Gasteiger partial charge in [-0.3, -0.25) is 4.79 Å². The lowest BCUT2D eigenvalue weighted by molar-refractivity contribution is 0.0686. The zero-order valence-electron chi connectivity index (χ0n) is 9.97. The summed E-state index contributed by atoms with van der Waals surface area (Å²) >= 11 is 0. The van der Waals surface area contributed by atoms with Crippen LogP contribution in [0.1, 0.15) is 10.4 Å². The Morgan fingerprint density at radius 2 is 1.89 bits per heavy atom. The number of aromatic amines is 1. The molecule has 1 amide bonds. The molecular weight excluding hydrogens is 232 g/mol. The van der Waals surface area contributed by atoms with E-state index in [1.807, 2.05) is 18.2 Å². The third kappa shape index (κ3) is 2.37. The number of aliphatic hydroxyl groups excluding tert-OH is 2. The molecule has 0 fully saturated rings. The Kier molecular flexibility index (Phi) is 3.96. The molecule has 0 saturated carbocycles. The lowest BCUT2D eigenvalue weighted by Gasteiger charge is -2.20. The SMILES string of the molecule is O=C(c1cccc2cc[nH]c12)N(CCO)CCO. The van der Waals surface area contributed by atoms with Crippen LogP contribution in [0.4, 0.5) is 0 Å². The molecule has 0 atom stereocenters. The third-order valence-corrected chi connectivity index (χ3v) is 2.84. The number of benzene rings is 1. The fourth-order valence-corrected chi connectivity index (χ4v) is 1.99. The molecule has 1 aromatic carbocycles. The van der Waals surface area contributed by atoms with E-state index in [0.717, 1.165) is 10.9 Å². The first-order chi connectivity index (χ1) is 8.77. The standard InChI is InChI=1S/C13H16N2O3/c16-8-6-15(7-9-17)13(18)11-3-1-2-10-4-5-14-12(10)11/h1-5,14,16-17H,6-9H2. The summed E-state index contributed by atoms with van der Waals surface area (Å²) < 4.78 is 0. The van der Waals surface area contributed by atoms with Crippen molar-refractivity contribution in [2.24, 2.45) is 0 Å². The minimum Gasteiger partial charge on any atom is -0.395 e. The number of amides is 1. The average Bonchev–Trinajstić information content (AvgIpc) is 2.85. The van der Waals surface area contributed by atoms with Gasteiger partial charge in [-0.2, -0.15) is 0 Å². The number of aromatic nitrogens is 1. The van der Waals surface area contributed by atoms with Gasteiger partial charge >= 0.3 is 0 Å². The number of hydrogen-bond donors (Lipinski definition) is 3. The summed E-state index contributed by atoms with van der Waals surface area (Å²) in [5, 5.41) is 18.9. The van der Waals surface area contributed by atoms with Gasteiger partial charge < -0.3 is 20.1 Å². The largest absolute Gasteiger partial charge is 0.395 e. The van der Waals surface area contributed by atoms with E-state index in [2.05, 4.69) is 4.98 Å². The van der Waals surface area contributed by atoms with Crippen LogP contribution in [0, 0.1) is 0 Å². The fraction of sp³-hybridized carbons (Fsp3) is 0.308. The second kappa shape index (κ2) is 5.66. The number of fused-ring (bicyclic) bond motifs is 1. The molecule has 5 heteroatoms. The second-order valence-electron chi connectivity index (χ2n) is 3.99. The Bertz CT molecular complexity index is 530. The smallest absolute Gasteiger partial charge is 0.256 e. The number of carbonyl (C=O) groups is 1. The van der Waals surface area contributed by atoms with Crippen LogP contribution in [0.15, 0.2) is 30.5 Å². The highest BCUT2D eigenvalue weighted by molar-refractivity contribution is 6.05. The number of rotatable bonds is 5. The van der Waals surface area contributed by atoms with Crippen molar-refractivity contribution in [2.75, 3.05) is 26.3 Å². The molecule has 0 spiro atoms. The zero-order valence-corrected chi connectivity index (χ0v) is 9.97. The first-order valence-corrected chi connectivity index (χ1v) is 5.85. The van der Waals surface area contributed by atoms with Crippen molar-refractivity contribution in [3.8, 4) is 0 Å². The van der Waals surface area contributed by atoms with E-state index in [1.54, 1.807) is 12.3 Å². The molecule has 0 aliphatic carbocycles. The van der Waals surface area contributed by atoms with Gasteiger partial charge in [-0.05, 0) is 12.1 Å². The summed E-state index contributed by atoms with van der Waals surface area (Å²) in [5.74, 6) is -0.189. The number of H-pyrrole nitrogens is 1. The van der Waals surface area contributed by atoms with Gasteiger partial charge in [0.1, 0.15) is 0 Å². The highest BCUT2D eigenvalue weighted by Gasteiger charge is 2.17. The van der Waals surface area contributed by atoms with Gasteiger partial charge in [-0.15, -0.1) is 0 Å². The summed E-state index contributed by atoms with van der Waals surface area (Å²) in [6.45, 7) is 0.200. The van der Waals surface area contributed by atoms with Crippen LogP contribution in [0.2, 0.25) is 0 Å². The van der Waals surface area contributed by atoms with E-state index in [-0.39, 0.29) is 32.2 Å². The first-order valence-electron chi connectivity index (χ1n) is 5.85. The molecule has 18 heavy (non-hydrogen) atoms. The lowest BCUT2D eigenvalue weighted by atomic mass is 10.1. The average molecular weight is 248 g/mol. The van der Waals surface area contributed by atoms with Crippen molar-refractivity contribution in [2.45, 2.75) is 0 Å². The number of aliphatic hydroxyl groups is 2. The Balaban J connectivity index is 2.34. The summed E-state index contributed by atoms with van der Waals surface area (Å²) in [4.78, 5) is 16.8. The van der Waals surface area contributed by atoms with Crippen LogP contribution in [0.25, 0.3) is 10.9 Å². The van der Waals surface area contributed by atoms with Crippen LogP contribution in [0.3, 0.4) is 0 Å². The summed E-state index contributed by atoms with van der Waals surface area (Å²) in [6.07, 6.45) is 1.78. The van der Waals surface area contributed by atoms with Gasteiger partial charge in [-0.25, -0.2) is 0 Å². The molecule has 1 heterocycles. The molecule has 0 bridgehead atoms. The van der Waals surface area contributed by atoms with Gasteiger partial charge in [0.25, 0.3) is 5.91 Å². The van der Waals surface area contributed by atoms with Crippen molar-refractivity contribution in [1.82, 2.24) is 9.88 Å². The molecule has 0 saturated heterocycles. The van der Waals surface area contributed by atoms with Crippen LogP contribution >= 0.6 is 0 Å². The molecule has 2 aromatic rings. The highest BCUT2D eigenvalue weighted by atomic mass is 16.3. The molecule has 0 radical (unpaired) electrons. The molecule has 96 valence electrons. The van der Waals surface area contributed by atoms with E-state index in [4.69, 9.17) is 10.2 Å². The van der Waals surface area contributed by atoms with Crippen molar-refractivity contribution in [3.05, 3.63) is 36.0 Å². The minimum atomic E-state index is -0.189. The molecule has 0 unspecified atom stereocenters. The monoisotopic (exact) mass is 248 g/mol. The van der Waals surface area contributed by atoms with Crippen molar-refractivity contribution in [3.63, 3.8) is 0 Å². The summed E-state index contributed by atoms with van der Waals surface area (Å²) in [5.41, 5.74) is 1.34. The fourth-order valence-electron chi connectivity index (χ4n) is 1.99. The van der Waals surface area contributed by atoms with Crippen LogP contribution < -0.4 is 0 Å². The maximum absolute atomic E-state index is 12.3. The molecule has 3 N–H and O–H groups in total. The van der Waals surface area contributed by atoms with E-state index in [9.17, 15) is 4.79 Å². The maximum Gasteiger partial charge on any atom is 0.256 e. The quantitative estimate of drug-likeness (QED) is 0.725. The van der Waals surface area contributed by atoms with E-state index >= 15 is 0 Å². The highest BCUT2D eigenvalue weighted by Crippen LogP contribution is 2.18. The molecule has 1 aromatic heterocycles. The van der Waals surface area contributed by atoms with Crippen molar-refractivity contribution >= 4 is 16.8 Å². The molecule has 2 rings (SSSR count). The molecule has 5 nitrogen and oxygen atoms in total. The van der Waals surface area contributed by atoms with Crippen molar-refractivity contribution in [1.29, 1.82) is 0 Å². The third-order valence-electron chi connectivity index (χ3n) is 2.84. The molecule has 0 aliphatic rings. The van der Waals surface area contributed by atoms with Crippen LogP contribution in [-0.4, -0.2) is 52.3 Å². The number of para-hydroxylation sites is 1. The Hall–Kier alpha value is -1.85. The van der Waals surface area contributed by atoms with Gasteiger partial charge in [0, 0.05) is 24.7 Å². The molecular formula is C13H16N2O3. The van der Waals surface area contributed by atoms with E-state index in [1.165, 1.54) is 4.90 Å². The summed E-state index contributed by atoms with van der Waals surface area (Å²) in [7, 11) is 0. The van der Waals surface area contributed by atoms with Gasteiger partial charge in [0.2, 0.25) is 0 Å². The Labute approximate surface area is 105 Å². The normalized spacial score (nSPS) is 10.8. The number of carbonyl (C=O) groups excluding carboxylic acids is 1.